The number of alkyl halides is 4. The molecule has 0 amide bonds. The van der Waals surface area contributed by atoms with Crippen LogP contribution < -0.4 is 5.32 Å². The van der Waals surface area contributed by atoms with Crippen LogP contribution in [0.5, 0.6) is 0 Å². The minimum atomic E-state index is -4.00. The molecule has 5 nitrogen and oxygen atoms in total. The number of carbonyl (C=O) groups is 2. The van der Waals surface area contributed by atoms with Crippen molar-refractivity contribution in [2.45, 2.75) is 110 Å². The topological polar surface area (TPSA) is 64.6 Å². The lowest BCUT2D eigenvalue weighted by molar-refractivity contribution is -0.152. The number of nitrogens with one attached hydrogen (secondary N) is 1. The van der Waals surface area contributed by atoms with E-state index in [0.717, 1.165) is 31.8 Å². The zero-order valence-corrected chi connectivity index (χ0v) is 24.6. The van der Waals surface area contributed by atoms with Crippen molar-refractivity contribution in [3.63, 3.8) is 0 Å². The number of esters is 2. The smallest absolute Gasteiger partial charge is 0.389 e. The SMILES string of the molecule is CC(C)NC(C)C.COC(=O)C1(CC=C(F)F)CCCC1.COC(=O)C1CCCC1.FC(F)(F)CCBr. The zero-order valence-electron chi connectivity index (χ0n) is 23.0. The number of halogens is 6. The second-order valence-electron chi connectivity index (χ2n) is 9.71. The molecule has 0 aromatic rings. The molecule has 0 aromatic carbocycles. The number of carbonyl (C=O) groups excluding carboxylic acids is 2. The maximum absolute atomic E-state index is 11.9. The molecule has 0 heterocycles. The van der Waals surface area contributed by atoms with E-state index in [4.69, 9.17) is 0 Å². The summed E-state index contributed by atoms with van der Waals surface area (Å²) in [6, 6.07) is 1.25. The summed E-state index contributed by atoms with van der Waals surface area (Å²) < 4.78 is 66.2. The largest absolute Gasteiger partial charge is 0.469 e. The molecular formula is C26H45BrF5NO4. The molecule has 2 fully saturated rings. The maximum Gasteiger partial charge on any atom is 0.389 e. The molecule has 0 radical (unpaired) electrons. The van der Waals surface area contributed by atoms with Crippen LogP contribution >= 0.6 is 15.9 Å². The third-order valence-electron chi connectivity index (χ3n) is 5.76. The summed E-state index contributed by atoms with van der Waals surface area (Å²) in [4.78, 5) is 22.2. The van der Waals surface area contributed by atoms with Gasteiger partial charge in [-0.2, -0.15) is 22.0 Å². The lowest BCUT2D eigenvalue weighted by Gasteiger charge is -2.23. The van der Waals surface area contributed by atoms with Gasteiger partial charge in [0, 0.05) is 17.4 Å². The lowest BCUT2D eigenvalue weighted by atomic mass is 9.83. The van der Waals surface area contributed by atoms with Crippen LogP contribution in [0, 0.1) is 11.3 Å². The fourth-order valence-electron chi connectivity index (χ4n) is 4.13. The van der Waals surface area contributed by atoms with Crippen LogP contribution in [0.15, 0.2) is 12.2 Å². The Bertz CT molecular complexity index is 635. The normalized spacial score (nSPS) is 16.5. The number of ether oxygens (including phenoxy) is 2. The van der Waals surface area contributed by atoms with Crippen molar-refractivity contribution in [3.8, 4) is 0 Å². The Labute approximate surface area is 227 Å². The van der Waals surface area contributed by atoms with E-state index in [9.17, 15) is 31.5 Å². The Hall–Kier alpha value is -1.23. The van der Waals surface area contributed by atoms with Crippen molar-refractivity contribution in [3.05, 3.63) is 12.2 Å². The predicted molar refractivity (Wildman–Crippen MR) is 140 cm³/mol. The van der Waals surface area contributed by atoms with Gasteiger partial charge in [0.05, 0.1) is 32.0 Å². The van der Waals surface area contributed by atoms with Crippen LogP contribution in [0.3, 0.4) is 0 Å². The van der Waals surface area contributed by atoms with Gasteiger partial charge in [-0.15, -0.1) is 0 Å². The van der Waals surface area contributed by atoms with Gasteiger partial charge in [-0.05, 0) is 38.2 Å². The third kappa shape index (κ3) is 20.4. The molecule has 220 valence electrons. The molecule has 0 saturated heterocycles. The van der Waals surface area contributed by atoms with Gasteiger partial charge in [0.1, 0.15) is 0 Å². The first kappa shape index (κ1) is 37.9. The molecule has 0 unspecified atom stereocenters. The molecule has 0 aliphatic heterocycles. The summed E-state index contributed by atoms with van der Waals surface area (Å²) in [5.74, 6) is -0.157. The number of hydrogen-bond donors (Lipinski definition) is 1. The van der Waals surface area contributed by atoms with E-state index in [1.807, 2.05) is 0 Å². The fourth-order valence-corrected chi connectivity index (χ4v) is 4.58. The van der Waals surface area contributed by atoms with Gasteiger partial charge < -0.3 is 14.8 Å². The Morgan fingerprint density at radius 2 is 1.46 bits per heavy atom. The summed E-state index contributed by atoms with van der Waals surface area (Å²) in [5, 5.41) is 3.30. The van der Waals surface area contributed by atoms with Crippen LogP contribution in [0.2, 0.25) is 0 Å². The highest BCUT2D eigenvalue weighted by atomic mass is 79.9. The molecule has 2 aliphatic rings. The van der Waals surface area contributed by atoms with Gasteiger partial charge in [0.15, 0.2) is 0 Å². The summed E-state index contributed by atoms with van der Waals surface area (Å²) in [5.41, 5.74) is -0.682. The second-order valence-corrected chi connectivity index (χ2v) is 10.5. The highest BCUT2D eigenvalue weighted by molar-refractivity contribution is 9.09. The molecule has 1 N–H and O–H groups in total. The van der Waals surface area contributed by atoms with E-state index in [2.05, 4.69) is 58.4 Å². The maximum atomic E-state index is 11.9. The Kier molecular flexibility index (Phi) is 21.2. The molecular weight excluding hydrogens is 565 g/mol. The van der Waals surface area contributed by atoms with E-state index in [1.54, 1.807) is 0 Å². The van der Waals surface area contributed by atoms with Gasteiger partial charge in [-0.1, -0.05) is 69.3 Å². The lowest BCUT2D eigenvalue weighted by Crippen LogP contribution is -2.29. The summed E-state index contributed by atoms with van der Waals surface area (Å²) in [7, 11) is 2.76. The number of allylic oxidation sites excluding steroid dienone is 1. The van der Waals surface area contributed by atoms with Crippen LogP contribution in [-0.2, 0) is 19.1 Å². The average Bonchev–Trinajstić information content (AvgIpc) is 3.49. The van der Waals surface area contributed by atoms with Gasteiger partial charge in [0.25, 0.3) is 6.08 Å². The van der Waals surface area contributed by atoms with Crippen LogP contribution in [0.25, 0.3) is 0 Å². The Balaban J connectivity index is 0. The average molecular weight is 611 g/mol. The first-order valence-electron chi connectivity index (χ1n) is 12.7. The van der Waals surface area contributed by atoms with Gasteiger partial charge in [-0.25, -0.2) is 0 Å². The van der Waals surface area contributed by atoms with E-state index in [0.29, 0.717) is 24.9 Å². The van der Waals surface area contributed by atoms with Crippen molar-refractivity contribution in [2.24, 2.45) is 11.3 Å². The number of methoxy groups -OCH3 is 2. The van der Waals surface area contributed by atoms with Gasteiger partial charge in [0.2, 0.25) is 0 Å². The molecule has 0 aromatic heterocycles. The minimum Gasteiger partial charge on any atom is -0.469 e. The first-order chi connectivity index (χ1) is 17.1. The first-order valence-corrected chi connectivity index (χ1v) is 13.8. The summed E-state index contributed by atoms with van der Waals surface area (Å²) in [6.07, 6.45) is 2.06. The number of rotatable bonds is 7. The monoisotopic (exact) mass is 609 g/mol. The van der Waals surface area contributed by atoms with E-state index in [1.165, 1.54) is 27.1 Å². The van der Waals surface area contributed by atoms with Gasteiger partial charge in [-0.3, -0.25) is 9.59 Å². The third-order valence-corrected chi connectivity index (χ3v) is 6.16. The highest BCUT2D eigenvalue weighted by Gasteiger charge is 2.41. The van der Waals surface area contributed by atoms with Crippen molar-refractivity contribution >= 4 is 27.9 Å². The Morgan fingerprint density at radius 3 is 1.73 bits per heavy atom. The zero-order chi connectivity index (χ0) is 29.1. The van der Waals surface area contributed by atoms with E-state index in [-0.39, 0.29) is 29.6 Å². The molecule has 37 heavy (non-hydrogen) atoms. The quantitative estimate of drug-likeness (QED) is 0.180. The van der Waals surface area contributed by atoms with Crippen molar-refractivity contribution in [2.75, 3.05) is 19.5 Å². The van der Waals surface area contributed by atoms with E-state index >= 15 is 0 Å². The summed E-state index contributed by atoms with van der Waals surface area (Å²) >= 11 is 2.67. The highest BCUT2D eigenvalue weighted by Crippen LogP contribution is 2.42. The molecule has 2 aliphatic carbocycles. The molecule has 0 spiro atoms. The summed E-state index contributed by atoms with van der Waals surface area (Å²) in [6.45, 7) is 8.61. The minimum absolute atomic E-state index is 0.00347. The van der Waals surface area contributed by atoms with Crippen molar-refractivity contribution in [1.82, 2.24) is 5.32 Å². The van der Waals surface area contributed by atoms with E-state index < -0.39 is 24.1 Å². The predicted octanol–water partition coefficient (Wildman–Crippen LogP) is 7.97. The van der Waals surface area contributed by atoms with Crippen LogP contribution in [0.1, 0.15) is 91.9 Å². The Morgan fingerprint density at radius 1 is 0.973 bits per heavy atom. The molecule has 2 rings (SSSR count). The van der Waals surface area contributed by atoms with Crippen molar-refractivity contribution in [1.29, 1.82) is 0 Å². The molecule has 0 atom stereocenters. The van der Waals surface area contributed by atoms with Crippen LogP contribution in [0.4, 0.5) is 22.0 Å². The van der Waals surface area contributed by atoms with Crippen LogP contribution in [-0.4, -0.2) is 49.7 Å². The molecule has 0 bridgehead atoms. The fraction of sp³-hybridized carbons (Fsp3) is 0.846. The second kappa shape index (κ2) is 20.7. The van der Waals surface area contributed by atoms with Crippen molar-refractivity contribution < 1.29 is 41.0 Å². The van der Waals surface area contributed by atoms with Gasteiger partial charge >= 0.3 is 18.1 Å². The standard InChI is InChI=1S/C10H14F2O2.C7H12O2.C6H15N.C3H4BrF3/c1-14-9(13)10(5-2-3-6-10)7-4-8(11)12;1-9-7(8)6-4-2-3-5-6;1-5(2)7-6(3)4;4-2-1-3(5,6)7/h4H,2-3,5-7H2,1H3;6H,2-5H2,1H3;5-7H,1-4H3;1-2H2. The number of hydrogen-bond acceptors (Lipinski definition) is 5. The molecule has 11 heteroatoms. The molecule has 2 saturated carbocycles.